The average molecular weight is 346 g/mol. The number of hydrogen-bond donors (Lipinski definition) is 0. The predicted molar refractivity (Wildman–Crippen MR) is 98.2 cm³/mol. The first-order valence-electron chi connectivity index (χ1n) is 6.70. The van der Waals surface area contributed by atoms with Crippen molar-refractivity contribution < 1.29 is 0 Å². The van der Waals surface area contributed by atoms with Crippen LogP contribution >= 0.6 is 34.0 Å². The second-order valence-corrected chi connectivity index (χ2v) is 7.33. The third-order valence-corrected chi connectivity index (χ3v) is 5.26. The molecule has 3 nitrogen and oxygen atoms in total. The Hall–Kier alpha value is -1.76. The molecular formula is C16H15N3S3. The van der Waals surface area contributed by atoms with Crippen LogP contribution < -0.4 is 4.80 Å². The summed E-state index contributed by atoms with van der Waals surface area (Å²) in [4.78, 5) is 6.69. The van der Waals surface area contributed by atoms with E-state index in [1.54, 1.807) is 34.0 Å². The Bertz CT molecular complexity index is 834. The van der Waals surface area contributed by atoms with Gasteiger partial charge in [-0.3, -0.25) is 4.99 Å². The quantitative estimate of drug-likeness (QED) is 0.474. The summed E-state index contributed by atoms with van der Waals surface area (Å²) >= 11 is 4.98. The molecule has 3 heterocycles. The SMILES string of the molecule is C=C(C)CN=c1scc(-c2cccs2)n1N=Cc1ccsc1. The van der Waals surface area contributed by atoms with Crippen LogP contribution in [0.15, 0.2) is 62.0 Å². The van der Waals surface area contributed by atoms with E-state index in [1.807, 2.05) is 23.2 Å². The minimum Gasteiger partial charge on any atom is -0.253 e. The normalized spacial score (nSPS) is 12.3. The maximum Gasteiger partial charge on any atom is 0.206 e. The second-order valence-electron chi connectivity index (χ2n) is 4.77. The summed E-state index contributed by atoms with van der Waals surface area (Å²) in [5, 5.41) is 12.9. The molecule has 0 unspecified atom stereocenters. The summed E-state index contributed by atoms with van der Waals surface area (Å²) in [5.41, 5.74) is 3.22. The molecule has 0 fully saturated rings. The first-order chi connectivity index (χ1) is 10.7. The van der Waals surface area contributed by atoms with Crippen molar-refractivity contribution in [3.8, 4) is 10.6 Å². The van der Waals surface area contributed by atoms with Crippen molar-refractivity contribution in [1.82, 2.24) is 4.68 Å². The lowest BCUT2D eigenvalue weighted by Crippen LogP contribution is -2.12. The highest BCUT2D eigenvalue weighted by Gasteiger charge is 2.08. The van der Waals surface area contributed by atoms with Crippen LogP contribution in [0.2, 0.25) is 0 Å². The van der Waals surface area contributed by atoms with Gasteiger partial charge in [-0.2, -0.15) is 16.4 Å². The van der Waals surface area contributed by atoms with Gasteiger partial charge in [-0.05, 0) is 35.2 Å². The van der Waals surface area contributed by atoms with Crippen LogP contribution in [0.1, 0.15) is 12.5 Å². The summed E-state index contributed by atoms with van der Waals surface area (Å²) in [6.07, 6.45) is 1.88. The molecular weight excluding hydrogens is 330 g/mol. The van der Waals surface area contributed by atoms with E-state index >= 15 is 0 Å². The zero-order chi connectivity index (χ0) is 15.4. The standard InChI is InChI=1S/C16H15N3S3/c1-12(2)8-17-16-19(18-9-13-5-7-20-10-13)14(11-22-16)15-4-3-6-21-15/h3-7,9-11H,1,8H2,2H3. The van der Waals surface area contributed by atoms with Crippen molar-refractivity contribution >= 4 is 40.2 Å². The average Bonchev–Trinajstić information content (AvgIpc) is 3.23. The number of thiazole rings is 1. The van der Waals surface area contributed by atoms with Crippen LogP contribution in [0.5, 0.6) is 0 Å². The van der Waals surface area contributed by atoms with E-state index in [4.69, 9.17) is 0 Å². The smallest absolute Gasteiger partial charge is 0.206 e. The number of rotatable bonds is 5. The van der Waals surface area contributed by atoms with E-state index in [1.165, 1.54) is 4.88 Å². The lowest BCUT2D eigenvalue weighted by molar-refractivity contribution is 0.838. The Balaban J connectivity index is 2.05. The summed E-state index contributed by atoms with van der Waals surface area (Å²) in [7, 11) is 0. The molecule has 3 rings (SSSR count). The molecule has 3 aromatic heterocycles. The van der Waals surface area contributed by atoms with Crippen molar-refractivity contribution in [2.75, 3.05) is 6.54 Å². The highest BCUT2D eigenvalue weighted by atomic mass is 32.1. The molecule has 0 atom stereocenters. The van der Waals surface area contributed by atoms with Gasteiger partial charge in [0.1, 0.15) is 0 Å². The van der Waals surface area contributed by atoms with Crippen LogP contribution in [0.3, 0.4) is 0 Å². The summed E-state index contributed by atoms with van der Waals surface area (Å²) in [6, 6.07) is 6.21. The van der Waals surface area contributed by atoms with Crippen molar-refractivity contribution in [3.63, 3.8) is 0 Å². The molecule has 0 N–H and O–H groups in total. The first-order valence-corrected chi connectivity index (χ1v) is 9.40. The number of hydrogen-bond acceptors (Lipinski definition) is 5. The van der Waals surface area contributed by atoms with Crippen LogP contribution in [0, 0.1) is 0 Å². The highest BCUT2D eigenvalue weighted by Crippen LogP contribution is 2.25. The fraction of sp³-hybridized carbons (Fsp3) is 0.125. The Morgan fingerprint density at radius 2 is 2.18 bits per heavy atom. The van der Waals surface area contributed by atoms with E-state index in [-0.39, 0.29) is 0 Å². The van der Waals surface area contributed by atoms with Gasteiger partial charge >= 0.3 is 0 Å². The molecule has 0 saturated carbocycles. The van der Waals surface area contributed by atoms with Gasteiger partial charge in [-0.1, -0.05) is 18.2 Å². The molecule has 0 aliphatic carbocycles. The summed E-state index contributed by atoms with van der Waals surface area (Å²) < 4.78 is 1.91. The molecule has 0 aromatic carbocycles. The molecule has 22 heavy (non-hydrogen) atoms. The zero-order valence-electron chi connectivity index (χ0n) is 12.1. The van der Waals surface area contributed by atoms with Gasteiger partial charge in [0.25, 0.3) is 0 Å². The largest absolute Gasteiger partial charge is 0.253 e. The maximum absolute atomic E-state index is 4.63. The fourth-order valence-electron chi connectivity index (χ4n) is 1.79. The topological polar surface area (TPSA) is 29.6 Å². The third kappa shape index (κ3) is 3.52. The minimum atomic E-state index is 0.623. The van der Waals surface area contributed by atoms with E-state index < -0.39 is 0 Å². The Morgan fingerprint density at radius 1 is 1.27 bits per heavy atom. The molecule has 0 saturated heterocycles. The monoisotopic (exact) mass is 345 g/mol. The van der Waals surface area contributed by atoms with E-state index in [0.717, 1.165) is 21.6 Å². The van der Waals surface area contributed by atoms with Gasteiger partial charge in [0.15, 0.2) is 0 Å². The predicted octanol–water partition coefficient (Wildman–Crippen LogP) is 4.70. The molecule has 0 aliphatic heterocycles. The molecule has 112 valence electrons. The fourth-order valence-corrected chi connectivity index (χ4v) is 4.03. The van der Waals surface area contributed by atoms with Gasteiger partial charge in [0, 0.05) is 10.9 Å². The minimum absolute atomic E-state index is 0.623. The van der Waals surface area contributed by atoms with Gasteiger partial charge in [0.05, 0.1) is 23.3 Å². The van der Waals surface area contributed by atoms with Crippen LogP contribution in [0.4, 0.5) is 0 Å². The number of thiophene rings is 2. The Morgan fingerprint density at radius 3 is 2.86 bits per heavy atom. The summed E-state index contributed by atoms with van der Waals surface area (Å²) in [5.74, 6) is 0. The van der Waals surface area contributed by atoms with Gasteiger partial charge in [-0.25, -0.2) is 4.68 Å². The van der Waals surface area contributed by atoms with Crippen molar-refractivity contribution in [3.05, 3.63) is 62.2 Å². The molecule has 6 heteroatoms. The van der Waals surface area contributed by atoms with Gasteiger partial charge in [-0.15, -0.1) is 22.7 Å². The molecule has 0 aliphatic rings. The van der Waals surface area contributed by atoms with Crippen molar-refractivity contribution in [2.45, 2.75) is 6.92 Å². The third-order valence-electron chi connectivity index (χ3n) is 2.81. The maximum atomic E-state index is 4.63. The lowest BCUT2D eigenvalue weighted by Gasteiger charge is -2.00. The second kappa shape index (κ2) is 7.00. The molecule has 0 bridgehead atoms. The van der Waals surface area contributed by atoms with Gasteiger partial charge < -0.3 is 0 Å². The lowest BCUT2D eigenvalue weighted by atomic mass is 10.4. The number of nitrogens with zero attached hydrogens (tertiary/aromatic N) is 3. The van der Waals surface area contributed by atoms with Crippen molar-refractivity contribution in [1.29, 1.82) is 0 Å². The molecule has 0 radical (unpaired) electrons. The van der Waals surface area contributed by atoms with Crippen LogP contribution in [-0.2, 0) is 0 Å². The highest BCUT2D eigenvalue weighted by molar-refractivity contribution is 7.14. The van der Waals surface area contributed by atoms with E-state index in [0.29, 0.717) is 6.54 Å². The van der Waals surface area contributed by atoms with Gasteiger partial charge in [0.2, 0.25) is 4.80 Å². The molecule has 0 amide bonds. The summed E-state index contributed by atoms with van der Waals surface area (Å²) in [6.45, 7) is 6.52. The Kier molecular flexibility index (Phi) is 4.82. The van der Waals surface area contributed by atoms with Crippen LogP contribution in [0.25, 0.3) is 10.6 Å². The van der Waals surface area contributed by atoms with Crippen molar-refractivity contribution in [2.24, 2.45) is 10.1 Å². The van der Waals surface area contributed by atoms with E-state index in [9.17, 15) is 0 Å². The Labute approximate surface area is 141 Å². The molecule has 0 spiro atoms. The van der Waals surface area contributed by atoms with Crippen LogP contribution in [-0.4, -0.2) is 17.4 Å². The number of aromatic nitrogens is 1. The first kappa shape index (κ1) is 15.1. The zero-order valence-corrected chi connectivity index (χ0v) is 14.5. The molecule has 3 aromatic rings. The van der Waals surface area contributed by atoms with E-state index in [2.05, 4.69) is 51.0 Å².